The van der Waals surface area contributed by atoms with Crippen LogP contribution in [0.5, 0.6) is 5.75 Å². The Bertz CT molecular complexity index is 1160. The molecule has 1 aliphatic rings. The van der Waals surface area contributed by atoms with Gasteiger partial charge in [-0.25, -0.2) is 18.1 Å². The highest BCUT2D eigenvalue weighted by Crippen LogP contribution is 2.39. The first-order valence-electron chi connectivity index (χ1n) is 8.45. The second-order valence-electron chi connectivity index (χ2n) is 6.28. The predicted molar refractivity (Wildman–Crippen MR) is 105 cm³/mol. The molecule has 4 rings (SSSR count). The van der Waals surface area contributed by atoms with Crippen molar-refractivity contribution >= 4 is 27.4 Å². The molecular weight excluding hydrogens is 378 g/mol. The van der Waals surface area contributed by atoms with Gasteiger partial charge in [-0.1, -0.05) is 12.1 Å². The van der Waals surface area contributed by atoms with Crippen LogP contribution < -0.4 is 9.62 Å². The van der Waals surface area contributed by atoms with Crippen LogP contribution in [0.25, 0.3) is 0 Å². The average molecular weight is 395 g/mol. The van der Waals surface area contributed by atoms with Crippen molar-refractivity contribution in [2.75, 3.05) is 4.90 Å². The summed E-state index contributed by atoms with van der Waals surface area (Å²) in [7, 11) is -3.84. The van der Waals surface area contributed by atoms with Crippen LogP contribution in [-0.4, -0.2) is 29.5 Å². The number of fused-ring (bicyclic) bond motifs is 1. The zero-order valence-corrected chi connectivity index (χ0v) is 15.8. The number of aromatic nitrogens is 2. The van der Waals surface area contributed by atoms with Gasteiger partial charge in [0.25, 0.3) is 10.0 Å². The molecule has 0 radical (unpaired) electrons. The molecule has 3 heterocycles. The van der Waals surface area contributed by atoms with E-state index in [1.807, 2.05) is 13.0 Å². The fraction of sp³-hybridized carbons (Fsp3) is 0.105. The third-order valence-corrected chi connectivity index (χ3v) is 5.58. The molecule has 0 amide bonds. The molecule has 9 heteroatoms. The maximum atomic E-state index is 12.7. The Morgan fingerprint density at radius 2 is 1.93 bits per heavy atom. The first-order valence-corrected chi connectivity index (χ1v) is 9.94. The number of nitrogens with zero attached hydrogens (tertiary/aromatic N) is 4. The second-order valence-corrected chi connectivity index (χ2v) is 7.93. The highest BCUT2D eigenvalue weighted by atomic mass is 32.2. The minimum atomic E-state index is -3.84. The fourth-order valence-corrected chi connectivity index (χ4v) is 4.06. The first-order chi connectivity index (χ1) is 13.5. The number of benzene rings is 1. The molecule has 142 valence electrons. The Morgan fingerprint density at radius 1 is 1.11 bits per heavy atom. The number of aryl methyl sites for hydroxylation is 1. The Morgan fingerprint density at radius 3 is 2.71 bits per heavy atom. The summed E-state index contributed by atoms with van der Waals surface area (Å²) in [6, 6.07) is 10.3. The summed E-state index contributed by atoms with van der Waals surface area (Å²) in [4.78, 5) is 14.0. The van der Waals surface area contributed by atoms with Crippen molar-refractivity contribution in [3.05, 3.63) is 72.3 Å². The predicted octanol–water partition coefficient (Wildman–Crippen LogP) is 2.48. The van der Waals surface area contributed by atoms with Crippen molar-refractivity contribution < 1.29 is 13.5 Å². The van der Waals surface area contributed by atoms with Crippen LogP contribution >= 0.6 is 0 Å². The van der Waals surface area contributed by atoms with E-state index in [-0.39, 0.29) is 23.1 Å². The molecule has 0 atom stereocenters. The van der Waals surface area contributed by atoms with Gasteiger partial charge >= 0.3 is 0 Å². The van der Waals surface area contributed by atoms with Crippen molar-refractivity contribution in [2.45, 2.75) is 18.4 Å². The Hall–Kier alpha value is -3.46. The molecule has 0 saturated heterocycles. The van der Waals surface area contributed by atoms with Crippen molar-refractivity contribution in [1.82, 2.24) is 14.7 Å². The summed E-state index contributed by atoms with van der Waals surface area (Å²) in [5, 5.41) is 10.4. The third kappa shape index (κ3) is 3.27. The molecule has 3 aromatic rings. The molecule has 0 spiro atoms. The monoisotopic (exact) mass is 395 g/mol. The Kier molecular flexibility index (Phi) is 4.44. The van der Waals surface area contributed by atoms with Crippen molar-refractivity contribution in [3.8, 4) is 5.75 Å². The van der Waals surface area contributed by atoms with Gasteiger partial charge in [-0.3, -0.25) is 14.9 Å². The average Bonchev–Trinajstić information content (AvgIpc) is 2.69. The first kappa shape index (κ1) is 17.9. The lowest BCUT2D eigenvalue weighted by atomic mass is 10.2. The standard InChI is InChI=1S/C19H17N5O3S/c1-13-4-5-17(25)16(9-13)24-15-6-8-21-12-18(15)28(26,27)23-19(24)22-11-14-3-2-7-20-10-14/h2-10,12,25H,11H2,1H3,(H,22,23). The lowest BCUT2D eigenvalue weighted by Crippen LogP contribution is -2.46. The molecule has 2 aromatic heterocycles. The normalized spacial score (nSPS) is 16.5. The number of anilines is 2. The third-order valence-electron chi connectivity index (χ3n) is 4.24. The summed E-state index contributed by atoms with van der Waals surface area (Å²) < 4.78 is 27.9. The van der Waals surface area contributed by atoms with Crippen LogP contribution in [0.3, 0.4) is 0 Å². The summed E-state index contributed by atoms with van der Waals surface area (Å²) in [5.41, 5.74) is 2.51. The molecule has 1 aromatic carbocycles. The number of sulfonamides is 1. The molecule has 1 aliphatic heterocycles. The van der Waals surface area contributed by atoms with E-state index in [4.69, 9.17) is 0 Å². The SMILES string of the molecule is Cc1ccc(O)c(N2C(=NCc3cccnc3)NS(=O)(=O)c3cnccc32)c1. The number of hydrogen-bond donors (Lipinski definition) is 2. The minimum absolute atomic E-state index is 0.00328. The van der Waals surface area contributed by atoms with Crippen LogP contribution in [0, 0.1) is 6.92 Å². The van der Waals surface area contributed by atoms with Gasteiger partial charge in [-0.2, -0.15) is 0 Å². The van der Waals surface area contributed by atoms with Crippen molar-refractivity contribution in [2.24, 2.45) is 4.99 Å². The topological polar surface area (TPSA) is 108 Å². The largest absolute Gasteiger partial charge is 0.506 e. The Balaban J connectivity index is 1.89. The quantitative estimate of drug-likeness (QED) is 0.705. The van der Waals surface area contributed by atoms with Crippen molar-refractivity contribution in [3.63, 3.8) is 0 Å². The zero-order valence-electron chi connectivity index (χ0n) is 14.9. The lowest BCUT2D eigenvalue weighted by molar-refractivity contribution is 0.476. The molecular formula is C19H17N5O3S. The molecule has 0 fully saturated rings. The summed E-state index contributed by atoms with van der Waals surface area (Å²) in [6.07, 6.45) is 6.09. The molecule has 2 N–H and O–H groups in total. The summed E-state index contributed by atoms with van der Waals surface area (Å²) in [5.74, 6) is 0.0898. The maximum absolute atomic E-state index is 12.7. The molecule has 0 bridgehead atoms. The number of phenols is 1. The van der Waals surface area contributed by atoms with Gasteiger partial charge in [0.15, 0.2) is 0 Å². The highest BCUT2D eigenvalue weighted by Gasteiger charge is 2.34. The number of nitrogens with one attached hydrogen (secondary N) is 1. The van der Waals surface area contributed by atoms with E-state index in [0.29, 0.717) is 11.4 Å². The number of aliphatic imine (C=N–C) groups is 1. The van der Waals surface area contributed by atoms with Crippen molar-refractivity contribution in [1.29, 1.82) is 0 Å². The van der Waals surface area contributed by atoms with Gasteiger partial charge < -0.3 is 5.11 Å². The molecule has 8 nitrogen and oxygen atoms in total. The molecule has 0 unspecified atom stereocenters. The lowest BCUT2D eigenvalue weighted by Gasteiger charge is -2.32. The minimum Gasteiger partial charge on any atom is -0.506 e. The van der Waals surface area contributed by atoms with Gasteiger partial charge in [-0.15, -0.1) is 0 Å². The molecule has 0 saturated carbocycles. The Labute approximate surface area is 162 Å². The van der Waals surface area contributed by atoms with Crippen LogP contribution in [0.15, 0.2) is 71.1 Å². The molecule has 28 heavy (non-hydrogen) atoms. The van der Waals surface area contributed by atoms with E-state index in [1.165, 1.54) is 12.4 Å². The number of aromatic hydroxyl groups is 1. The van der Waals surface area contributed by atoms with Gasteiger partial charge in [0.1, 0.15) is 10.6 Å². The number of guanidine groups is 1. The summed E-state index contributed by atoms with van der Waals surface area (Å²) >= 11 is 0. The number of hydrogen-bond acceptors (Lipinski definition) is 6. The zero-order chi connectivity index (χ0) is 19.7. The highest BCUT2D eigenvalue weighted by molar-refractivity contribution is 7.90. The number of pyridine rings is 2. The van der Waals surface area contributed by atoms with E-state index in [0.717, 1.165) is 11.1 Å². The number of rotatable bonds is 3. The summed E-state index contributed by atoms with van der Waals surface area (Å²) in [6.45, 7) is 2.10. The van der Waals surface area contributed by atoms with Crippen LogP contribution in [0.4, 0.5) is 11.4 Å². The van der Waals surface area contributed by atoms with Crippen LogP contribution in [0.1, 0.15) is 11.1 Å². The number of phenolic OH excluding ortho intramolecular Hbond substituents is 1. The van der Waals surface area contributed by atoms with Crippen LogP contribution in [0.2, 0.25) is 0 Å². The van der Waals surface area contributed by atoms with Crippen LogP contribution in [-0.2, 0) is 16.6 Å². The van der Waals surface area contributed by atoms with Gasteiger partial charge in [0, 0.05) is 24.8 Å². The van der Waals surface area contributed by atoms with E-state index in [9.17, 15) is 13.5 Å². The molecule has 0 aliphatic carbocycles. The maximum Gasteiger partial charge on any atom is 0.267 e. The van der Waals surface area contributed by atoms with Gasteiger partial charge in [-0.05, 0) is 42.3 Å². The van der Waals surface area contributed by atoms with E-state index < -0.39 is 10.0 Å². The van der Waals surface area contributed by atoms with E-state index in [1.54, 1.807) is 47.6 Å². The van der Waals surface area contributed by atoms with E-state index >= 15 is 0 Å². The van der Waals surface area contributed by atoms with E-state index in [2.05, 4.69) is 19.7 Å². The second kappa shape index (κ2) is 6.93. The fourth-order valence-electron chi connectivity index (χ4n) is 2.92. The van der Waals surface area contributed by atoms with Gasteiger partial charge in [0.2, 0.25) is 5.96 Å². The van der Waals surface area contributed by atoms with Gasteiger partial charge in [0.05, 0.1) is 17.9 Å². The smallest absolute Gasteiger partial charge is 0.267 e.